The molecular weight excluding hydrogens is 592 g/mol. The lowest BCUT2D eigenvalue weighted by molar-refractivity contribution is -0.114. The van der Waals surface area contributed by atoms with E-state index in [9.17, 15) is 14.0 Å². The van der Waals surface area contributed by atoms with Crippen LogP contribution in [0.2, 0.25) is 0 Å². The Labute approximate surface area is 239 Å². The molecule has 0 aliphatic heterocycles. The molecule has 0 saturated heterocycles. The summed E-state index contributed by atoms with van der Waals surface area (Å²) in [5.41, 5.74) is -1.38. The number of hydrogen-bond donors (Lipinski definition) is 1. The van der Waals surface area contributed by atoms with E-state index in [1.165, 1.54) is 46.3 Å². The molecule has 0 fully saturated rings. The molecule has 2 amide bonds. The Kier molecular flexibility index (Phi) is 10.3. The molecule has 12 heteroatoms. The number of carbonyl (C=O) groups is 2. The van der Waals surface area contributed by atoms with Crippen LogP contribution < -0.4 is 24.3 Å². The minimum absolute atomic E-state index is 0.00829. The Bertz CT molecular complexity index is 1300. The van der Waals surface area contributed by atoms with E-state index in [0.29, 0.717) is 34.1 Å². The third-order valence-corrected chi connectivity index (χ3v) is 6.78. The van der Waals surface area contributed by atoms with Gasteiger partial charge >= 0.3 is 6.03 Å². The first kappa shape index (κ1) is 30.6. The van der Waals surface area contributed by atoms with E-state index in [1.807, 2.05) is 0 Å². The second-order valence-corrected chi connectivity index (χ2v) is 9.66. The Morgan fingerprint density at radius 3 is 1.95 bits per heavy atom. The number of benzene rings is 2. The van der Waals surface area contributed by atoms with Gasteiger partial charge in [0.05, 0.1) is 41.5 Å². The molecule has 0 radical (unpaired) electrons. The van der Waals surface area contributed by atoms with Gasteiger partial charge in [-0.1, -0.05) is 0 Å². The molecule has 1 N–H and O–H groups in total. The topological polar surface area (TPSA) is 99.2 Å². The number of rotatable bonds is 12. The Hall–Kier alpha value is -3.93. The highest BCUT2D eigenvalue weighted by atomic mass is 79.9. The zero-order chi connectivity index (χ0) is 29.4. The highest BCUT2D eigenvalue weighted by Gasteiger charge is 2.42. The summed E-state index contributed by atoms with van der Waals surface area (Å²) in [5.74, 6) is 1.08. The number of nitrogens with one attached hydrogen (secondary N) is 1. The fourth-order valence-electron chi connectivity index (χ4n) is 4.05. The molecule has 0 aliphatic carbocycles. The minimum atomic E-state index is -2.32. The number of alkyl halides is 1. The number of ether oxygens (including phenoxy) is 4. The average Bonchev–Trinajstić information content (AvgIpc) is 2.97. The second kappa shape index (κ2) is 13.4. The quantitative estimate of drug-likeness (QED) is 0.220. The summed E-state index contributed by atoms with van der Waals surface area (Å²) in [6.07, 6.45) is -2.33. The molecule has 3 aromatic rings. The van der Waals surface area contributed by atoms with Gasteiger partial charge in [0.25, 0.3) is 0 Å². The number of aromatic nitrogens is 1. The van der Waals surface area contributed by atoms with E-state index in [1.54, 1.807) is 36.4 Å². The summed E-state index contributed by atoms with van der Waals surface area (Å²) in [7, 11) is 5.98. The van der Waals surface area contributed by atoms with E-state index >= 15 is 4.39 Å². The molecule has 3 rings (SSSR count). The zero-order valence-corrected chi connectivity index (χ0v) is 24.3. The van der Waals surface area contributed by atoms with Gasteiger partial charge in [-0.2, -0.15) is 0 Å². The smallest absolute Gasteiger partial charge is 0.318 e. The van der Waals surface area contributed by atoms with Crippen molar-refractivity contribution in [1.82, 2.24) is 15.2 Å². The summed E-state index contributed by atoms with van der Waals surface area (Å²) in [4.78, 5) is 30.8. The minimum Gasteiger partial charge on any atom is -0.497 e. The molecule has 0 aliphatic rings. The highest BCUT2D eigenvalue weighted by molar-refractivity contribution is 9.10. The van der Waals surface area contributed by atoms with Gasteiger partial charge in [0.15, 0.2) is 12.5 Å². The molecule has 0 bridgehead atoms. The van der Waals surface area contributed by atoms with Crippen molar-refractivity contribution >= 4 is 28.2 Å². The van der Waals surface area contributed by atoms with Crippen LogP contribution >= 0.6 is 15.9 Å². The lowest BCUT2D eigenvalue weighted by atomic mass is 9.91. The van der Waals surface area contributed by atoms with E-state index in [4.69, 9.17) is 18.9 Å². The first-order valence-corrected chi connectivity index (χ1v) is 12.8. The number of aldehydes is 1. The molecule has 2 atom stereocenters. The Morgan fingerprint density at radius 1 is 0.975 bits per heavy atom. The number of urea groups is 1. The van der Waals surface area contributed by atoms with Crippen LogP contribution in [0.25, 0.3) is 0 Å². The number of amides is 2. The Balaban J connectivity index is 2.07. The van der Waals surface area contributed by atoms with Crippen molar-refractivity contribution in [2.24, 2.45) is 0 Å². The molecule has 0 unspecified atom stereocenters. The van der Waals surface area contributed by atoms with E-state index < -0.39 is 29.3 Å². The molecule has 40 heavy (non-hydrogen) atoms. The van der Waals surface area contributed by atoms with Gasteiger partial charge in [-0.3, -0.25) is 0 Å². The van der Waals surface area contributed by atoms with Gasteiger partial charge in [0.1, 0.15) is 44.7 Å². The van der Waals surface area contributed by atoms with Gasteiger partial charge < -0.3 is 34.0 Å². The number of carbonyl (C=O) groups excluding carboxylic acids is 2. The van der Waals surface area contributed by atoms with Crippen LogP contribution in [-0.4, -0.2) is 56.8 Å². The van der Waals surface area contributed by atoms with Crippen LogP contribution in [0.15, 0.2) is 53.1 Å². The lowest BCUT2D eigenvalue weighted by Crippen LogP contribution is -2.55. The number of methoxy groups -OCH3 is 4. The summed E-state index contributed by atoms with van der Waals surface area (Å²) >= 11 is 3.14. The number of halogens is 3. The maximum Gasteiger partial charge on any atom is 0.318 e. The first-order valence-electron chi connectivity index (χ1n) is 12.0. The summed E-state index contributed by atoms with van der Waals surface area (Å²) < 4.78 is 51.8. The van der Waals surface area contributed by atoms with E-state index in [0.717, 1.165) is 6.07 Å². The van der Waals surface area contributed by atoms with Crippen LogP contribution in [0.3, 0.4) is 0 Å². The second-order valence-electron chi connectivity index (χ2n) is 8.85. The molecule has 2 aromatic carbocycles. The van der Waals surface area contributed by atoms with Gasteiger partial charge in [0.2, 0.25) is 0 Å². The average molecular weight is 622 g/mol. The van der Waals surface area contributed by atoms with Crippen molar-refractivity contribution in [3.8, 4) is 23.0 Å². The summed E-state index contributed by atoms with van der Waals surface area (Å²) in [6, 6.07) is 11.8. The zero-order valence-electron chi connectivity index (χ0n) is 22.7. The SMILES string of the molecule is COc1ccc(CN(Cc2ccc(OC)cc2OC)C(=O)N[C@](C)(c2nc(Br)ccc2F)[C@@H](F)C=O)c(OC)c1. The number of pyridine rings is 1. The Morgan fingerprint density at radius 2 is 1.50 bits per heavy atom. The van der Waals surface area contributed by atoms with E-state index in [2.05, 4.69) is 26.2 Å². The normalized spacial score (nSPS) is 13.0. The van der Waals surface area contributed by atoms with Crippen molar-refractivity contribution in [2.45, 2.75) is 31.7 Å². The van der Waals surface area contributed by atoms with Crippen LogP contribution in [-0.2, 0) is 23.4 Å². The van der Waals surface area contributed by atoms with Crippen molar-refractivity contribution < 1.29 is 37.3 Å². The van der Waals surface area contributed by atoms with Crippen LogP contribution in [0.1, 0.15) is 23.7 Å². The third-order valence-electron chi connectivity index (χ3n) is 6.34. The van der Waals surface area contributed by atoms with Gasteiger partial charge in [-0.05, 0) is 59.3 Å². The fraction of sp³-hybridized carbons (Fsp3) is 0.321. The molecule has 1 aromatic heterocycles. The first-order chi connectivity index (χ1) is 19.1. The van der Waals surface area contributed by atoms with E-state index in [-0.39, 0.29) is 24.0 Å². The van der Waals surface area contributed by atoms with Crippen molar-refractivity contribution in [3.05, 3.63) is 75.8 Å². The lowest BCUT2D eigenvalue weighted by Gasteiger charge is -2.34. The molecule has 0 spiro atoms. The van der Waals surface area contributed by atoms with Gasteiger partial charge in [0, 0.05) is 23.3 Å². The maximum atomic E-state index is 15.2. The van der Waals surface area contributed by atoms with Gasteiger partial charge in [-0.15, -0.1) is 0 Å². The summed E-state index contributed by atoms with van der Waals surface area (Å²) in [6.45, 7) is 1.16. The fourth-order valence-corrected chi connectivity index (χ4v) is 4.36. The number of hydrogen-bond acceptors (Lipinski definition) is 7. The monoisotopic (exact) mass is 621 g/mol. The predicted molar refractivity (Wildman–Crippen MR) is 147 cm³/mol. The molecule has 214 valence electrons. The molecule has 1 heterocycles. The summed E-state index contributed by atoms with van der Waals surface area (Å²) in [5, 5.41) is 2.52. The van der Waals surface area contributed by atoms with Crippen LogP contribution in [0.4, 0.5) is 13.6 Å². The molecule has 9 nitrogen and oxygen atoms in total. The number of nitrogens with zero attached hydrogens (tertiary/aromatic N) is 2. The van der Waals surface area contributed by atoms with Crippen LogP contribution in [0.5, 0.6) is 23.0 Å². The van der Waals surface area contributed by atoms with Gasteiger partial charge in [-0.25, -0.2) is 18.6 Å². The van der Waals surface area contributed by atoms with Crippen molar-refractivity contribution in [2.75, 3.05) is 28.4 Å². The van der Waals surface area contributed by atoms with Crippen LogP contribution in [0, 0.1) is 5.82 Å². The maximum absolute atomic E-state index is 15.2. The largest absolute Gasteiger partial charge is 0.497 e. The van der Waals surface area contributed by atoms with Crippen molar-refractivity contribution in [3.63, 3.8) is 0 Å². The molecule has 0 saturated carbocycles. The predicted octanol–water partition coefficient (Wildman–Crippen LogP) is 5.18. The van der Waals surface area contributed by atoms with Crippen molar-refractivity contribution in [1.29, 1.82) is 0 Å². The third kappa shape index (κ3) is 6.79. The standard InChI is InChI=1S/C28H30BrF2N3O6/c1-28(24(31)16-35,26-21(30)10-11-25(29)32-26)33-27(36)34(14-17-6-8-19(37-2)12-22(17)39-4)15-18-7-9-20(38-3)13-23(18)40-5/h6-13,16,24H,14-15H2,1-5H3,(H,33,36)/t24-,28-/m0/s1. The molecular formula is C28H30BrF2N3O6. The highest BCUT2D eigenvalue weighted by Crippen LogP contribution is 2.32.